The Hall–Kier alpha value is -2.04. The average Bonchev–Trinajstić information content (AvgIpc) is 2.64. The number of aliphatic hydroxyl groups is 1. The lowest BCUT2D eigenvalue weighted by atomic mass is 9.87. The molecular weight excluding hydrogens is 302 g/mol. The smallest absolute Gasteiger partial charge is 0.123 e. The van der Waals surface area contributed by atoms with Crippen LogP contribution in [0.5, 0.6) is 11.5 Å². The topological polar surface area (TPSA) is 50.7 Å². The molecule has 1 unspecified atom stereocenters. The molecule has 0 amide bonds. The molecule has 24 heavy (non-hydrogen) atoms. The second kappa shape index (κ2) is 8.18. The highest BCUT2D eigenvalue weighted by molar-refractivity contribution is 5.43. The fourth-order valence-electron chi connectivity index (χ4n) is 3.40. The van der Waals surface area contributed by atoms with E-state index in [1.807, 2.05) is 24.3 Å². The summed E-state index contributed by atoms with van der Waals surface area (Å²) in [5.41, 5.74) is 3.78. The number of para-hydroxylation sites is 1. The van der Waals surface area contributed by atoms with E-state index in [-0.39, 0.29) is 6.61 Å². The number of ether oxygens (including phenoxy) is 2. The van der Waals surface area contributed by atoms with Crippen LogP contribution in [0.15, 0.2) is 42.5 Å². The van der Waals surface area contributed by atoms with Gasteiger partial charge in [-0.15, -0.1) is 0 Å². The maximum atomic E-state index is 8.96. The summed E-state index contributed by atoms with van der Waals surface area (Å²) in [6, 6.07) is 14.6. The van der Waals surface area contributed by atoms with Crippen LogP contribution in [0.1, 0.15) is 35.6 Å². The first-order valence-electron chi connectivity index (χ1n) is 8.54. The molecule has 4 nitrogen and oxygen atoms in total. The summed E-state index contributed by atoms with van der Waals surface area (Å²) in [6.45, 7) is 1.08. The number of hydrogen-bond acceptors (Lipinski definition) is 4. The molecule has 0 aromatic heterocycles. The van der Waals surface area contributed by atoms with Gasteiger partial charge in [-0.25, -0.2) is 0 Å². The first kappa shape index (κ1) is 16.8. The number of rotatable bonds is 7. The van der Waals surface area contributed by atoms with Gasteiger partial charge >= 0.3 is 0 Å². The first-order valence-corrected chi connectivity index (χ1v) is 8.54. The molecule has 0 saturated heterocycles. The molecule has 3 rings (SSSR count). The first-order chi connectivity index (χ1) is 11.8. The Morgan fingerprint density at radius 3 is 2.79 bits per heavy atom. The standard InChI is InChI=1S/C20H25NO3/c1-23-20-11-5-7-16-17(20)8-4-9-18(16)21-14-15-6-2-3-10-19(15)24-13-12-22/h2-3,5-7,10-11,18,21-22H,4,8-9,12-14H2,1H3. The van der Waals surface area contributed by atoms with Crippen molar-refractivity contribution in [2.24, 2.45) is 0 Å². The molecule has 0 saturated carbocycles. The minimum Gasteiger partial charge on any atom is -0.496 e. The Kier molecular flexibility index (Phi) is 5.72. The van der Waals surface area contributed by atoms with Gasteiger partial charge in [0.25, 0.3) is 0 Å². The maximum Gasteiger partial charge on any atom is 0.123 e. The SMILES string of the molecule is COc1cccc2c1CCCC2NCc1ccccc1OCCO. The predicted octanol–water partition coefficient (Wildman–Crippen LogP) is 3.23. The van der Waals surface area contributed by atoms with Crippen molar-refractivity contribution < 1.29 is 14.6 Å². The second-order valence-electron chi connectivity index (χ2n) is 6.03. The van der Waals surface area contributed by atoms with Gasteiger partial charge in [0.05, 0.1) is 13.7 Å². The van der Waals surface area contributed by atoms with Crippen LogP contribution in [0.4, 0.5) is 0 Å². The monoisotopic (exact) mass is 327 g/mol. The van der Waals surface area contributed by atoms with Gasteiger partial charge in [-0.3, -0.25) is 0 Å². The molecule has 1 aliphatic rings. The van der Waals surface area contributed by atoms with Crippen LogP contribution in [0.2, 0.25) is 0 Å². The molecule has 0 radical (unpaired) electrons. The zero-order valence-electron chi connectivity index (χ0n) is 14.1. The fraction of sp³-hybridized carbons (Fsp3) is 0.400. The van der Waals surface area contributed by atoms with E-state index in [9.17, 15) is 0 Å². The van der Waals surface area contributed by atoms with Crippen molar-refractivity contribution in [3.63, 3.8) is 0 Å². The van der Waals surface area contributed by atoms with E-state index in [4.69, 9.17) is 14.6 Å². The van der Waals surface area contributed by atoms with Crippen molar-refractivity contribution in [3.05, 3.63) is 59.2 Å². The minimum absolute atomic E-state index is 0.0254. The molecule has 1 aliphatic carbocycles. The predicted molar refractivity (Wildman–Crippen MR) is 94.5 cm³/mol. The second-order valence-corrected chi connectivity index (χ2v) is 6.03. The molecule has 2 aromatic carbocycles. The largest absolute Gasteiger partial charge is 0.496 e. The number of nitrogens with one attached hydrogen (secondary N) is 1. The summed E-state index contributed by atoms with van der Waals surface area (Å²) in [5.74, 6) is 1.83. The molecule has 0 bridgehead atoms. The van der Waals surface area contributed by atoms with Gasteiger partial charge in [-0.05, 0) is 42.5 Å². The quantitative estimate of drug-likeness (QED) is 0.820. The van der Waals surface area contributed by atoms with E-state index < -0.39 is 0 Å². The lowest BCUT2D eigenvalue weighted by Gasteiger charge is -2.28. The molecule has 128 valence electrons. The summed E-state index contributed by atoms with van der Waals surface area (Å²) in [6.07, 6.45) is 3.36. The highest BCUT2D eigenvalue weighted by Crippen LogP contribution is 2.35. The number of aliphatic hydroxyl groups excluding tert-OH is 1. The Bertz CT molecular complexity index is 672. The van der Waals surface area contributed by atoms with Crippen LogP contribution in [-0.4, -0.2) is 25.4 Å². The van der Waals surface area contributed by atoms with Gasteiger partial charge < -0.3 is 19.9 Å². The molecule has 0 aliphatic heterocycles. The zero-order valence-corrected chi connectivity index (χ0v) is 14.1. The third-order valence-electron chi connectivity index (χ3n) is 4.54. The Morgan fingerprint density at radius 2 is 1.96 bits per heavy atom. The normalized spacial score (nSPS) is 16.5. The lowest BCUT2D eigenvalue weighted by molar-refractivity contribution is 0.200. The van der Waals surface area contributed by atoms with E-state index in [1.54, 1.807) is 7.11 Å². The van der Waals surface area contributed by atoms with Gasteiger partial charge in [-0.1, -0.05) is 30.3 Å². The van der Waals surface area contributed by atoms with Crippen molar-refractivity contribution in [2.45, 2.75) is 31.8 Å². The molecule has 0 spiro atoms. The van der Waals surface area contributed by atoms with E-state index in [0.717, 1.165) is 42.9 Å². The Balaban J connectivity index is 1.73. The van der Waals surface area contributed by atoms with E-state index >= 15 is 0 Å². The van der Waals surface area contributed by atoms with Crippen LogP contribution in [-0.2, 0) is 13.0 Å². The van der Waals surface area contributed by atoms with Gasteiger partial charge in [-0.2, -0.15) is 0 Å². The summed E-state index contributed by atoms with van der Waals surface area (Å²) in [5, 5.41) is 12.6. The van der Waals surface area contributed by atoms with Crippen LogP contribution in [0.3, 0.4) is 0 Å². The van der Waals surface area contributed by atoms with Gasteiger partial charge in [0, 0.05) is 18.2 Å². The summed E-state index contributed by atoms with van der Waals surface area (Å²) in [7, 11) is 1.74. The van der Waals surface area contributed by atoms with E-state index in [1.165, 1.54) is 11.1 Å². The molecule has 0 heterocycles. The van der Waals surface area contributed by atoms with Crippen molar-refractivity contribution in [1.82, 2.24) is 5.32 Å². The highest BCUT2D eigenvalue weighted by atomic mass is 16.5. The minimum atomic E-state index is 0.0254. The summed E-state index contributed by atoms with van der Waals surface area (Å²) in [4.78, 5) is 0. The molecular formula is C20H25NO3. The van der Waals surface area contributed by atoms with Crippen LogP contribution < -0.4 is 14.8 Å². The molecule has 4 heteroatoms. The average molecular weight is 327 g/mol. The van der Waals surface area contributed by atoms with Crippen molar-refractivity contribution in [1.29, 1.82) is 0 Å². The molecule has 2 N–H and O–H groups in total. The van der Waals surface area contributed by atoms with Gasteiger partial charge in [0.1, 0.15) is 18.1 Å². The molecule has 1 atom stereocenters. The van der Waals surface area contributed by atoms with Gasteiger partial charge in [0.2, 0.25) is 0 Å². The number of hydrogen-bond donors (Lipinski definition) is 2. The third-order valence-corrected chi connectivity index (χ3v) is 4.54. The van der Waals surface area contributed by atoms with Crippen LogP contribution in [0.25, 0.3) is 0 Å². The number of benzene rings is 2. The van der Waals surface area contributed by atoms with Gasteiger partial charge in [0.15, 0.2) is 0 Å². The fourth-order valence-corrected chi connectivity index (χ4v) is 3.40. The van der Waals surface area contributed by atoms with E-state index in [0.29, 0.717) is 12.6 Å². The number of methoxy groups -OCH3 is 1. The Morgan fingerprint density at radius 1 is 1.12 bits per heavy atom. The van der Waals surface area contributed by atoms with Crippen molar-refractivity contribution >= 4 is 0 Å². The lowest BCUT2D eigenvalue weighted by Crippen LogP contribution is -2.25. The molecule has 2 aromatic rings. The van der Waals surface area contributed by atoms with Crippen LogP contribution >= 0.6 is 0 Å². The zero-order chi connectivity index (χ0) is 16.8. The number of fused-ring (bicyclic) bond motifs is 1. The van der Waals surface area contributed by atoms with Crippen molar-refractivity contribution in [3.8, 4) is 11.5 Å². The van der Waals surface area contributed by atoms with Crippen LogP contribution in [0, 0.1) is 0 Å². The molecule has 0 fully saturated rings. The summed E-state index contributed by atoms with van der Waals surface area (Å²) < 4.78 is 11.1. The van der Waals surface area contributed by atoms with Crippen molar-refractivity contribution in [2.75, 3.05) is 20.3 Å². The maximum absolute atomic E-state index is 8.96. The highest BCUT2D eigenvalue weighted by Gasteiger charge is 2.22. The third kappa shape index (κ3) is 3.71. The Labute approximate surface area is 143 Å². The van der Waals surface area contributed by atoms with E-state index in [2.05, 4.69) is 23.5 Å². The summed E-state index contributed by atoms with van der Waals surface area (Å²) >= 11 is 0.